The summed E-state index contributed by atoms with van der Waals surface area (Å²) in [6.45, 7) is 1.74. The van der Waals surface area contributed by atoms with Gasteiger partial charge in [0.2, 0.25) is 5.91 Å². The first kappa shape index (κ1) is 16.6. The molecule has 0 unspecified atom stereocenters. The van der Waals surface area contributed by atoms with E-state index in [1.54, 1.807) is 24.3 Å². The number of fused-ring (bicyclic) bond motifs is 1. The van der Waals surface area contributed by atoms with Crippen LogP contribution >= 0.6 is 0 Å². The third-order valence-electron chi connectivity index (χ3n) is 3.69. The van der Waals surface area contributed by atoms with Crippen LogP contribution in [0.15, 0.2) is 52.9 Å². The molecule has 2 N–H and O–H groups in total. The molecule has 0 fully saturated rings. The number of furan rings is 1. The van der Waals surface area contributed by atoms with Crippen LogP contribution in [-0.4, -0.2) is 25.5 Å². The predicted octanol–water partition coefficient (Wildman–Crippen LogP) is 3.12. The molecule has 0 bridgehead atoms. The largest absolute Gasteiger partial charge is 0.495 e. The zero-order valence-electron chi connectivity index (χ0n) is 14.0. The van der Waals surface area contributed by atoms with Gasteiger partial charge in [0.05, 0.1) is 19.3 Å². The molecule has 128 valence electrons. The topological polar surface area (TPSA) is 80.6 Å². The Morgan fingerprint density at radius 2 is 1.92 bits per heavy atom. The van der Waals surface area contributed by atoms with Crippen LogP contribution in [0.4, 0.5) is 5.69 Å². The number of methoxy groups -OCH3 is 1. The lowest BCUT2D eigenvalue weighted by Gasteiger charge is -2.11. The van der Waals surface area contributed by atoms with Gasteiger partial charge in [-0.05, 0) is 36.8 Å². The Hall–Kier alpha value is -3.28. The minimum absolute atomic E-state index is 0.169. The number of hydrogen-bond donors (Lipinski definition) is 2. The summed E-state index contributed by atoms with van der Waals surface area (Å²) in [4.78, 5) is 24.2. The van der Waals surface area contributed by atoms with Gasteiger partial charge < -0.3 is 19.8 Å². The number of carbonyl (C=O) groups excluding carboxylic acids is 2. The summed E-state index contributed by atoms with van der Waals surface area (Å²) < 4.78 is 10.7. The van der Waals surface area contributed by atoms with Crippen LogP contribution in [0.1, 0.15) is 16.1 Å². The summed E-state index contributed by atoms with van der Waals surface area (Å²) in [6.07, 6.45) is 0. The number of amides is 2. The maximum absolute atomic E-state index is 12.1. The second-order valence-corrected chi connectivity index (χ2v) is 5.58. The van der Waals surface area contributed by atoms with Crippen molar-refractivity contribution in [2.45, 2.75) is 6.92 Å². The van der Waals surface area contributed by atoms with Gasteiger partial charge in [0, 0.05) is 5.39 Å². The summed E-state index contributed by atoms with van der Waals surface area (Å²) in [7, 11) is 1.53. The Morgan fingerprint density at radius 3 is 2.68 bits per heavy atom. The second-order valence-electron chi connectivity index (χ2n) is 5.58. The van der Waals surface area contributed by atoms with Gasteiger partial charge in [-0.2, -0.15) is 0 Å². The molecule has 3 rings (SSSR count). The second kappa shape index (κ2) is 7.09. The first-order valence-electron chi connectivity index (χ1n) is 7.78. The highest BCUT2D eigenvalue weighted by atomic mass is 16.5. The lowest BCUT2D eigenvalue weighted by molar-refractivity contribution is -0.115. The van der Waals surface area contributed by atoms with E-state index in [9.17, 15) is 9.59 Å². The van der Waals surface area contributed by atoms with Gasteiger partial charge in [0.1, 0.15) is 11.3 Å². The standard InChI is InChI=1S/C19H18N2O4/c1-12-7-8-16(24-2)14(9-12)21-18(22)11-20-19(23)17-10-13-5-3-4-6-15(13)25-17/h3-10H,11H2,1-2H3,(H,20,23)(H,21,22). The molecule has 6 nitrogen and oxygen atoms in total. The van der Waals surface area contributed by atoms with Crippen LogP contribution in [0.3, 0.4) is 0 Å². The summed E-state index contributed by atoms with van der Waals surface area (Å²) in [5.74, 6) is -0.0689. The van der Waals surface area contributed by atoms with E-state index in [-0.39, 0.29) is 18.2 Å². The normalized spacial score (nSPS) is 10.5. The zero-order chi connectivity index (χ0) is 17.8. The van der Waals surface area contributed by atoms with Crippen molar-refractivity contribution in [1.29, 1.82) is 0 Å². The number of rotatable bonds is 5. The Labute approximate surface area is 144 Å². The average Bonchev–Trinajstić information content (AvgIpc) is 3.04. The van der Waals surface area contributed by atoms with Crippen LogP contribution in [0, 0.1) is 6.92 Å². The van der Waals surface area contributed by atoms with Crippen molar-refractivity contribution in [3.8, 4) is 5.75 Å². The molecule has 25 heavy (non-hydrogen) atoms. The molecule has 2 amide bonds. The number of para-hydroxylation sites is 1. The lowest BCUT2D eigenvalue weighted by atomic mass is 10.2. The molecule has 3 aromatic rings. The molecule has 2 aromatic carbocycles. The highest BCUT2D eigenvalue weighted by Gasteiger charge is 2.14. The van der Waals surface area contributed by atoms with E-state index >= 15 is 0 Å². The fraction of sp³-hybridized carbons (Fsp3) is 0.158. The Morgan fingerprint density at radius 1 is 1.12 bits per heavy atom. The van der Waals surface area contributed by atoms with Crippen molar-refractivity contribution in [3.63, 3.8) is 0 Å². The minimum Gasteiger partial charge on any atom is -0.495 e. The quantitative estimate of drug-likeness (QED) is 0.749. The van der Waals surface area contributed by atoms with E-state index in [1.807, 2.05) is 31.2 Å². The molecule has 1 heterocycles. The van der Waals surface area contributed by atoms with Gasteiger partial charge in [-0.1, -0.05) is 24.3 Å². The predicted molar refractivity (Wildman–Crippen MR) is 94.9 cm³/mol. The highest BCUT2D eigenvalue weighted by Crippen LogP contribution is 2.25. The van der Waals surface area contributed by atoms with E-state index in [2.05, 4.69) is 10.6 Å². The first-order valence-corrected chi connectivity index (χ1v) is 7.78. The number of ether oxygens (including phenoxy) is 1. The zero-order valence-corrected chi connectivity index (χ0v) is 14.0. The van der Waals surface area contributed by atoms with E-state index < -0.39 is 5.91 Å². The van der Waals surface area contributed by atoms with Crippen molar-refractivity contribution in [2.75, 3.05) is 19.0 Å². The molecule has 0 radical (unpaired) electrons. The maximum Gasteiger partial charge on any atom is 0.287 e. The maximum atomic E-state index is 12.1. The summed E-state index contributed by atoms with van der Waals surface area (Å²) in [6, 6.07) is 14.4. The highest BCUT2D eigenvalue weighted by molar-refractivity contribution is 6.00. The number of hydrogen-bond acceptors (Lipinski definition) is 4. The SMILES string of the molecule is COc1ccc(C)cc1NC(=O)CNC(=O)c1cc2ccccc2o1. The van der Waals surface area contributed by atoms with E-state index in [0.717, 1.165) is 10.9 Å². The fourth-order valence-corrected chi connectivity index (χ4v) is 2.46. The molecule has 0 saturated heterocycles. The number of aryl methyl sites for hydroxylation is 1. The molecule has 0 aliphatic rings. The van der Waals surface area contributed by atoms with Gasteiger partial charge in [-0.25, -0.2) is 0 Å². The minimum atomic E-state index is -0.442. The van der Waals surface area contributed by atoms with Gasteiger partial charge in [0.25, 0.3) is 5.91 Å². The molecular formula is C19H18N2O4. The van der Waals surface area contributed by atoms with Crippen LogP contribution in [0.25, 0.3) is 11.0 Å². The molecular weight excluding hydrogens is 320 g/mol. The van der Waals surface area contributed by atoms with Crippen molar-refractivity contribution in [2.24, 2.45) is 0 Å². The monoisotopic (exact) mass is 338 g/mol. The van der Waals surface area contributed by atoms with Gasteiger partial charge in [-0.15, -0.1) is 0 Å². The number of anilines is 1. The fourth-order valence-electron chi connectivity index (χ4n) is 2.46. The van der Waals surface area contributed by atoms with Crippen LogP contribution in [0.5, 0.6) is 5.75 Å². The Bertz CT molecular complexity index is 897. The van der Waals surface area contributed by atoms with Crippen molar-refractivity contribution < 1.29 is 18.7 Å². The molecule has 0 spiro atoms. The molecule has 1 aromatic heterocycles. The molecule has 0 aliphatic heterocycles. The molecule has 0 aliphatic carbocycles. The van der Waals surface area contributed by atoms with E-state index in [4.69, 9.17) is 9.15 Å². The van der Waals surface area contributed by atoms with Gasteiger partial charge in [-0.3, -0.25) is 9.59 Å². The first-order chi connectivity index (χ1) is 12.1. The number of nitrogens with one attached hydrogen (secondary N) is 2. The average molecular weight is 338 g/mol. The lowest BCUT2D eigenvalue weighted by Crippen LogP contribution is -2.32. The number of carbonyl (C=O) groups is 2. The van der Waals surface area contributed by atoms with Gasteiger partial charge in [0.15, 0.2) is 5.76 Å². The van der Waals surface area contributed by atoms with Crippen LogP contribution in [-0.2, 0) is 4.79 Å². The van der Waals surface area contributed by atoms with Crippen LogP contribution in [0.2, 0.25) is 0 Å². The van der Waals surface area contributed by atoms with Gasteiger partial charge >= 0.3 is 0 Å². The third kappa shape index (κ3) is 3.80. The van der Waals surface area contributed by atoms with Crippen molar-refractivity contribution in [1.82, 2.24) is 5.32 Å². The summed E-state index contributed by atoms with van der Waals surface area (Å²) in [5, 5.41) is 6.11. The van der Waals surface area contributed by atoms with E-state index in [0.29, 0.717) is 17.0 Å². The molecule has 6 heteroatoms. The number of benzene rings is 2. The van der Waals surface area contributed by atoms with E-state index in [1.165, 1.54) is 7.11 Å². The third-order valence-corrected chi connectivity index (χ3v) is 3.69. The summed E-state index contributed by atoms with van der Waals surface area (Å²) >= 11 is 0. The smallest absolute Gasteiger partial charge is 0.287 e. The van der Waals surface area contributed by atoms with Crippen LogP contribution < -0.4 is 15.4 Å². The molecule has 0 atom stereocenters. The Kier molecular flexibility index (Phi) is 4.70. The van der Waals surface area contributed by atoms with Crippen molar-refractivity contribution >= 4 is 28.5 Å². The molecule has 0 saturated carbocycles. The van der Waals surface area contributed by atoms with Crippen molar-refractivity contribution in [3.05, 3.63) is 59.9 Å². The summed E-state index contributed by atoms with van der Waals surface area (Å²) in [5.41, 5.74) is 2.18. The Balaban J connectivity index is 1.62.